The topological polar surface area (TPSA) is 96.5 Å². The lowest BCUT2D eigenvalue weighted by Crippen LogP contribution is -2.52. The van der Waals surface area contributed by atoms with Gasteiger partial charge in [-0.25, -0.2) is 17.5 Å². The Morgan fingerprint density at radius 2 is 1.63 bits per heavy atom. The molecule has 2 aromatic rings. The summed E-state index contributed by atoms with van der Waals surface area (Å²) in [6.45, 7) is 4.84. The van der Waals surface area contributed by atoms with E-state index in [4.69, 9.17) is 9.47 Å². The van der Waals surface area contributed by atoms with Gasteiger partial charge in [0.15, 0.2) is 0 Å². The molecule has 0 unspecified atom stereocenters. The van der Waals surface area contributed by atoms with Crippen LogP contribution >= 0.6 is 0 Å². The van der Waals surface area contributed by atoms with Crippen LogP contribution in [0.5, 0.6) is 0 Å². The molecule has 1 saturated heterocycles. The number of carbonyl (C=O) groups excluding carboxylic acids is 2. The Hall–Kier alpha value is -2.95. The van der Waals surface area contributed by atoms with Gasteiger partial charge in [0.2, 0.25) is 15.9 Å². The number of hydrogen-bond acceptors (Lipinski definition) is 6. The van der Waals surface area contributed by atoms with E-state index in [0.29, 0.717) is 44.0 Å². The van der Waals surface area contributed by atoms with Gasteiger partial charge in [0.05, 0.1) is 35.5 Å². The molecule has 0 bridgehead atoms. The van der Waals surface area contributed by atoms with Crippen LogP contribution in [0.4, 0.5) is 16.2 Å². The highest BCUT2D eigenvalue weighted by Crippen LogP contribution is 2.39. The lowest BCUT2D eigenvalue weighted by Gasteiger charge is -2.41. The van der Waals surface area contributed by atoms with Gasteiger partial charge < -0.3 is 14.4 Å². The maximum atomic E-state index is 13.2. The van der Waals surface area contributed by atoms with Gasteiger partial charge >= 0.3 is 6.09 Å². The predicted molar refractivity (Wildman–Crippen MR) is 133 cm³/mol. The van der Waals surface area contributed by atoms with Crippen LogP contribution in [0.3, 0.4) is 0 Å². The van der Waals surface area contributed by atoms with Crippen molar-refractivity contribution in [2.24, 2.45) is 0 Å². The number of rotatable bonds is 4. The van der Waals surface area contributed by atoms with Crippen molar-refractivity contribution in [3.63, 3.8) is 0 Å². The molecule has 0 saturated carbocycles. The average molecular weight is 502 g/mol. The highest BCUT2D eigenvalue weighted by molar-refractivity contribution is 7.89. The average Bonchev–Trinajstić information content (AvgIpc) is 2.83. The molecule has 1 fully saturated rings. The number of fused-ring (bicyclic) bond motifs is 1. The number of sulfonamides is 1. The van der Waals surface area contributed by atoms with Crippen molar-refractivity contribution in [2.75, 3.05) is 43.7 Å². The molecule has 0 aromatic heterocycles. The number of carbonyl (C=O) groups is 2. The summed E-state index contributed by atoms with van der Waals surface area (Å²) in [6, 6.07) is 11.9. The van der Waals surface area contributed by atoms with E-state index in [1.54, 1.807) is 34.1 Å². The number of hydrogen-bond donors (Lipinski definition) is 0. The second kappa shape index (κ2) is 9.96. The van der Waals surface area contributed by atoms with Crippen molar-refractivity contribution in [1.82, 2.24) is 4.31 Å². The van der Waals surface area contributed by atoms with Crippen LogP contribution < -0.4 is 9.80 Å². The fourth-order valence-electron chi connectivity index (χ4n) is 4.49. The molecular formula is C25H31N3O6S. The lowest BCUT2D eigenvalue weighted by atomic mass is 10.0. The molecule has 0 aliphatic carbocycles. The Morgan fingerprint density at radius 3 is 2.23 bits per heavy atom. The van der Waals surface area contributed by atoms with Crippen LogP contribution in [-0.4, -0.2) is 70.7 Å². The van der Waals surface area contributed by atoms with Crippen molar-refractivity contribution in [3.8, 4) is 11.1 Å². The Kier molecular flexibility index (Phi) is 7.16. The SMILES string of the molecule is CC(=O)N1c2ccc(-c3ccc(S(=O)(=O)N(C)C)cc3)cc2N(C(=O)OC2CCOCC2)C[C@@H]1C. The van der Waals surface area contributed by atoms with Gasteiger partial charge in [0.1, 0.15) is 6.10 Å². The van der Waals surface area contributed by atoms with Crippen LogP contribution in [-0.2, 0) is 24.3 Å². The largest absolute Gasteiger partial charge is 0.446 e. The zero-order chi connectivity index (χ0) is 25.3. The van der Waals surface area contributed by atoms with E-state index < -0.39 is 16.1 Å². The first-order chi connectivity index (χ1) is 16.6. The molecule has 2 heterocycles. The standard InChI is InChI=1S/C25H31N3O6S/c1-17-16-27(25(30)34-21-11-13-33-14-12-21)24-15-20(7-10-23(24)28(17)18(2)29)19-5-8-22(9-6-19)35(31,32)26(3)4/h5-10,15,17,21H,11-14,16H2,1-4H3/t17-/m0/s1. The third-order valence-corrected chi connectivity index (χ3v) is 8.20. The van der Waals surface area contributed by atoms with E-state index >= 15 is 0 Å². The van der Waals surface area contributed by atoms with E-state index in [2.05, 4.69) is 0 Å². The quantitative estimate of drug-likeness (QED) is 0.637. The Bertz CT molecular complexity index is 1210. The van der Waals surface area contributed by atoms with Gasteiger partial charge in [-0.15, -0.1) is 0 Å². The molecule has 0 N–H and O–H groups in total. The molecule has 0 spiro atoms. The van der Waals surface area contributed by atoms with E-state index in [1.807, 2.05) is 25.1 Å². The van der Waals surface area contributed by atoms with Gasteiger partial charge in [0.25, 0.3) is 0 Å². The van der Waals surface area contributed by atoms with Gasteiger partial charge in [-0.3, -0.25) is 9.69 Å². The monoisotopic (exact) mass is 501 g/mol. The molecule has 0 radical (unpaired) electrons. The van der Waals surface area contributed by atoms with Crippen LogP contribution in [0, 0.1) is 0 Å². The normalized spacial score (nSPS) is 18.9. The molecule has 188 valence electrons. The molecule has 2 aliphatic heterocycles. The highest BCUT2D eigenvalue weighted by Gasteiger charge is 2.35. The van der Waals surface area contributed by atoms with Crippen LogP contribution in [0.25, 0.3) is 11.1 Å². The van der Waals surface area contributed by atoms with Crippen molar-refractivity contribution >= 4 is 33.4 Å². The van der Waals surface area contributed by atoms with Gasteiger partial charge in [-0.2, -0.15) is 0 Å². The van der Waals surface area contributed by atoms with E-state index in [-0.39, 0.29) is 22.9 Å². The smallest absolute Gasteiger partial charge is 0.414 e. The first kappa shape index (κ1) is 25.2. The fourth-order valence-corrected chi connectivity index (χ4v) is 5.39. The van der Waals surface area contributed by atoms with Crippen molar-refractivity contribution in [3.05, 3.63) is 42.5 Å². The Labute approximate surface area is 206 Å². The molecule has 4 rings (SSSR count). The number of ether oxygens (including phenoxy) is 2. The second-order valence-electron chi connectivity index (χ2n) is 9.06. The summed E-state index contributed by atoms with van der Waals surface area (Å²) in [6.07, 6.45) is 0.668. The molecule has 10 heteroatoms. The minimum atomic E-state index is -3.54. The molecule has 2 aliphatic rings. The van der Waals surface area contributed by atoms with Crippen LogP contribution in [0.15, 0.2) is 47.4 Å². The van der Waals surface area contributed by atoms with Gasteiger partial charge in [-0.05, 0) is 42.3 Å². The third-order valence-electron chi connectivity index (χ3n) is 6.37. The highest BCUT2D eigenvalue weighted by atomic mass is 32.2. The summed E-state index contributed by atoms with van der Waals surface area (Å²) in [5.41, 5.74) is 2.80. The van der Waals surface area contributed by atoms with E-state index in [0.717, 1.165) is 11.1 Å². The Morgan fingerprint density at radius 1 is 1.00 bits per heavy atom. The van der Waals surface area contributed by atoms with Crippen molar-refractivity contribution < 1.29 is 27.5 Å². The summed E-state index contributed by atoms with van der Waals surface area (Å²) in [5, 5.41) is 0. The zero-order valence-corrected chi connectivity index (χ0v) is 21.2. The van der Waals surface area contributed by atoms with Gasteiger partial charge in [-0.1, -0.05) is 18.2 Å². The summed E-state index contributed by atoms with van der Waals surface area (Å²) in [4.78, 5) is 29.1. The van der Waals surface area contributed by atoms with Crippen LogP contribution in [0.2, 0.25) is 0 Å². The molecule has 2 amide bonds. The Balaban J connectivity index is 1.69. The van der Waals surface area contributed by atoms with Crippen molar-refractivity contribution in [2.45, 2.75) is 43.7 Å². The minimum Gasteiger partial charge on any atom is -0.446 e. The summed E-state index contributed by atoms with van der Waals surface area (Å²) >= 11 is 0. The van der Waals surface area contributed by atoms with Crippen molar-refractivity contribution in [1.29, 1.82) is 0 Å². The first-order valence-electron chi connectivity index (χ1n) is 11.6. The number of anilines is 2. The summed E-state index contributed by atoms with van der Waals surface area (Å²) < 4.78 is 37.1. The maximum absolute atomic E-state index is 13.2. The third kappa shape index (κ3) is 5.05. The maximum Gasteiger partial charge on any atom is 0.414 e. The zero-order valence-electron chi connectivity index (χ0n) is 20.4. The number of amides is 2. The lowest BCUT2D eigenvalue weighted by molar-refractivity contribution is -0.117. The molecule has 35 heavy (non-hydrogen) atoms. The summed E-state index contributed by atoms with van der Waals surface area (Å²) in [7, 11) is -0.559. The van der Waals surface area contributed by atoms with Crippen LogP contribution in [0.1, 0.15) is 26.7 Å². The summed E-state index contributed by atoms with van der Waals surface area (Å²) in [5.74, 6) is -0.109. The van der Waals surface area contributed by atoms with E-state index in [9.17, 15) is 18.0 Å². The predicted octanol–water partition coefficient (Wildman–Crippen LogP) is 3.48. The molecular weight excluding hydrogens is 470 g/mol. The first-order valence-corrected chi connectivity index (χ1v) is 13.1. The minimum absolute atomic E-state index is 0.109. The molecule has 1 atom stereocenters. The molecule has 9 nitrogen and oxygen atoms in total. The van der Waals surface area contributed by atoms with E-state index in [1.165, 1.54) is 25.3 Å². The fraction of sp³-hybridized carbons (Fsp3) is 0.440. The van der Waals surface area contributed by atoms with Gasteiger partial charge in [0, 0.05) is 40.4 Å². The number of nitrogens with zero attached hydrogens (tertiary/aromatic N) is 3. The molecule has 2 aromatic carbocycles. The second-order valence-corrected chi connectivity index (χ2v) is 11.2. The number of benzene rings is 2.